The fourth-order valence-corrected chi connectivity index (χ4v) is 3.70. The molecule has 1 fully saturated rings. The molecule has 104 valence electrons. The van der Waals surface area contributed by atoms with Crippen molar-refractivity contribution in [2.24, 2.45) is 0 Å². The van der Waals surface area contributed by atoms with Gasteiger partial charge in [-0.25, -0.2) is 0 Å². The van der Waals surface area contributed by atoms with Crippen molar-refractivity contribution in [3.05, 3.63) is 29.8 Å². The molecule has 1 saturated carbocycles. The monoisotopic (exact) mass is 259 g/mol. The Bertz CT molecular complexity index is 417. The maximum absolute atomic E-state index is 10.5. The maximum Gasteiger partial charge on any atom is 0.0743 e. The maximum atomic E-state index is 10.5. The lowest BCUT2D eigenvalue weighted by Crippen LogP contribution is -2.43. The molecule has 0 bridgehead atoms. The van der Waals surface area contributed by atoms with Crippen LogP contribution in [0, 0.1) is 0 Å². The Hall–Kier alpha value is -1.02. The Labute approximate surface area is 116 Å². The molecule has 1 N–H and O–H groups in total. The zero-order chi connectivity index (χ0) is 13.1. The van der Waals surface area contributed by atoms with E-state index in [1.807, 2.05) is 0 Å². The van der Waals surface area contributed by atoms with E-state index < -0.39 is 0 Å². The van der Waals surface area contributed by atoms with Crippen molar-refractivity contribution in [1.82, 2.24) is 0 Å². The summed E-state index contributed by atoms with van der Waals surface area (Å²) < 4.78 is 0. The van der Waals surface area contributed by atoms with Crippen LogP contribution < -0.4 is 4.90 Å². The second kappa shape index (κ2) is 5.96. The quantitative estimate of drug-likeness (QED) is 0.780. The van der Waals surface area contributed by atoms with E-state index in [4.69, 9.17) is 0 Å². The van der Waals surface area contributed by atoms with E-state index in [2.05, 4.69) is 29.2 Å². The number of rotatable bonds is 1. The normalized spacial score (nSPS) is 28.4. The molecule has 2 heteroatoms. The molecular weight excluding hydrogens is 234 g/mol. The fourth-order valence-electron chi connectivity index (χ4n) is 3.70. The number of aliphatic hydroxyl groups excluding tert-OH is 1. The molecule has 2 nitrogen and oxygen atoms in total. The molecule has 2 unspecified atom stereocenters. The number of aliphatic hydroxyl groups is 1. The van der Waals surface area contributed by atoms with E-state index in [1.165, 1.54) is 49.8 Å². The largest absolute Gasteiger partial charge is 0.391 e. The number of aryl methyl sites for hydroxylation is 1. The van der Waals surface area contributed by atoms with Gasteiger partial charge in [0.25, 0.3) is 0 Å². The third kappa shape index (κ3) is 2.79. The summed E-state index contributed by atoms with van der Waals surface area (Å²) in [7, 11) is 0. The minimum atomic E-state index is -0.145. The Morgan fingerprint density at radius 1 is 0.947 bits per heavy atom. The van der Waals surface area contributed by atoms with E-state index >= 15 is 0 Å². The van der Waals surface area contributed by atoms with Gasteiger partial charge in [-0.05, 0) is 43.7 Å². The molecule has 2 aliphatic rings. The van der Waals surface area contributed by atoms with Gasteiger partial charge in [-0.15, -0.1) is 0 Å². The van der Waals surface area contributed by atoms with Crippen molar-refractivity contribution in [2.45, 2.75) is 63.5 Å². The average molecular weight is 259 g/mol. The number of hydrogen-bond donors (Lipinski definition) is 1. The zero-order valence-corrected chi connectivity index (χ0v) is 11.7. The molecule has 19 heavy (non-hydrogen) atoms. The Morgan fingerprint density at radius 2 is 1.79 bits per heavy atom. The highest BCUT2D eigenvalue weighted by atomic mass is 16.3. The summed E-state index contributed by atoms with van der Waals surface area (Å²) in [5, 5.41) is 10.5. The first-order chi connectivity index (χ1) is 9.36. The molecule has 1 aromatic rings. The number of anilines is 1. The van der Waals surface area contributed by atoms with Gasteiger partial charge in [-0.3, -0.25) is 0 Å². The lowest BCUT2D eigenvalue weighted by atomic mass is 10.0. The van der Waals surface area contributed by atoms with Crippen molar-refractivity contribution in [1.29, 1.82) is 0 Å². The number of fused-ring (bicyclic) bond motifs is 1. The van der Waals surface area contributed by atoms with Crippen LogP contribution in [0.5, 0.6) is 0 Å². The third-order valence-electron chi connectivity index (χ3n) is 4.74. The standard InChI is InChI=1S/C17H25NO/c19-17-12-3-1-2-11-16(17)18-13-7-6-9-14-8-4-5-10-15(14)18/h4-5,8,10,16-17,19H,1-3,6-7,9,11-13H2. The summed E-state index contributed by atoms with van der Waals surface area (Å²) in [6.07, 6.45) is 9.42. The molecule has 1 aliphatic heterocycles. The molecular formula is C17H25NO. The first kappa shape index (κ1) is 13.0. The second-order valence-electron chi connectivity index (χ2n) is 6.05. The van der Waals surface area contributed by atoms with E-state index in [9.17, 15) is 5.11 Å². The highest BCUT2D eigenvalue weighted by Gasteiger charge is 2.29. The molecule has 0 aromatic heterocycles. The Morgan fingerprint density at radius 3 is 2.74 bits per heavy atom. The van der Waals surface area contributed by atoms with Crippen molar-refractivity contribution in [2.75, 3.05) is 11.4 Å². The molecule has 0 radical (unpaired) electrons. The van der Waals surface area contributed by atoms with Crippen LogP contribution in [0.3, 0.4) is 0 Å². The highest BCUT2D eigenvalue weighted by molar-refractivity contribution is 5.55. The lowest BCUT2D eigenvalue weighted by molar-refractivity contribution is 0.132. The fraction of sp³-hybridized carbons (Fsp3) is 0.647. The van der Waals surface area contributed by atoms with Gasteiger partial charge in [0.2, 0.25) is 0 Å². The molecule has 1 heterocycles. The third-order valence-corrected chi connectivity index (χ3v) is 4.74. The predicted octanol–water partition coefficient (Wildman–Crippen LogP) is 3.52. The average Bonchev–Trinajstić information content (AvgIpc) is 2.76. The van der Waals surface area contributed by atoms with Crippen molar-refractivity contribution in [3.8, 4) is 0 Å². The van der Waals surface area contributed by atoms with Crippen molar-refractivity contribution < 1.29 is 5.11 Å². The molecule has 1 aromatic carbocycles. The smallest absolute Gasteiger partial charge is 0.0743 e. The molecule has 0 saturated heterocycles. The first-order valence-corrected chi connectivity index (χ1v) is 7.89. The van der Waals surface area contributed by atoms with E-state index in [1.54, 1.807) is 0 Å². The van der Waals surface area contributed by atoms with Crippen molar-refractivity contribution >= 4 is 5.69 Å². The number of benzene rings is 1. The molecule has 3 rings (SSSR count). The van der Waals surface area contributed by atoms with Gasteiger partial charge in [0, 0.05) is 12.2 Å². The van der Waals surface area contributed by atoms with E-state index in [0.29, 0.717) is 6.04 Å². The summed E-state index contributed by atoms with van der Waals surface area (Å²) in [4.78, 5) is 2.51. The van der Waals surface area contributed by atoms with Crippen LogP contribution in [0.25, 0.3) is 0 Å². The summed E-state index contributed by atoms with van der Waals surface area (Å²) in [5.74, 6) is 0. The topological polar surface area (TPSA) is 23.5 Å². The van der Waals surface area contributed by atoms with E-state index in [0.717, 1.165) is 19.4 Å². The van der Waals surface area contributed by atoms with Crippen LogP contribution >= 0.6 is 0 Å². The predicted molar refractivity (Wildman–Crippen MR) is 79.6 cm³/mol. The molecule has 1 aliphatic carbocycles. The van der Waals surface area contributed by atoms with Gasteiger partial charge < -0.3 is 10.0 Å². The van der Waals surface area contributed by atoms with Gasteiger partial charge in [-0.1, -0.05) is 37.5 Å². The number of hydrogen-bond acceptors (Lipinski definition) is 2. The number of para-hydroxylation sites is 1. The van der Waals surface area contributed by atoms with Crippen LogP contribution in [0.2, 0.25) is 0 Å². The Kier molecular flexibility index (Phi) is 4.07. The van der Waals surface area contributed by atoms with Gasteiger partial charge in [0.1, 0.15) is 0 Å². The lowest BCUT2D eigenvalue weighted by Gasteiger charge is -2.36. The van der Waals surface area contributed by atoms with Crippen LogP contribution in [-0.4, -0.2) is 23.8 Å². The highest BCUT2D eigenvalue weighted by Crippen LogP contribution is 2.32. The minimum absolute atomic E-state index is 0.145. The van der Waals surface area contributed by atoms with Crippen LogP contribution in [-0.2, 0) is 6.42 Å². The van der Waals surface area contributed by atoms with Crippen LogP contribution in [0.15, 0.2) is 24.3 Å². The molecule has 0 amide bonds. The SMILES string of the molecule is OC1CCCCCC1N1CCCCc2ccccc21. The molecule has 0 spiro atoms. The van der Waals surface area contributed by atoms with Gasteiger partial charge in [-0.2, -0.15) is 0 Å². The number of nitrogens with zero attached hydrogens (tertiary/aromatic N) is 1. The summed E-state index contributed by atoms with van der Waals surface area (Å²) >= 11 is 0. The zero-order valence-electron chi connectivity index (χ0n) is 11.7. The second-order valence-corrected chi connectivity index (χ2v) is 6.05. The van der Waals surface area contributed by atoms with Gasteiger partial charge >= 0.3 is 0 Å². The van der Waals surface area contributed by atoms with Crippen LogP contribution in [0.1, 0.15) is 50.5 Å². The summed E-state index contributed by atoms with van der Waals surface area (Å²) in [6.45, 7) is 1.11. The van der Waals surface area contributed by atoms with Crippen LogP contribution in [0.4, 0.5) is 5.69 Å². The summed E-state index contributed by atoms with van der Waals surface area (Å²) in [6, 6.07) is 9.13. The van der Waals surface area contributed by atoms with Gasteiger partial charge in [0.05, 0.1) is 12.1 Å². The first-order valence-electron chi connectivity index (χ1n) is 7.89. The minimum Gasteiger partial charge on any atom is -0.391 e. The van der Waals surface area contributed by atoms with Gasteiger partial charge in [0.15, 0.2) is 0 Å². The summed E-state index contributed by atoms with van der Waals surface area (Å²) in [5.41, 5.74) is 2.85. The van der Waals surface area contributed by atoms with Crippen molar-refractivity contribution in [3.63, 3.8) is 0 Å². The Balaban J connectivity index is 1.90. The van der Waals surface area contributed by atoms with E-state index in [-0.39, 0.29) is 6.10 Å². The molecule has 2 atom stereocenters.